The van der Waals surface area contributed by atoms with Gasteiger partial charge >= 0.3 is 0 Å². The maximum absolute atomic E-state index is 5.41. The average molecular weight is 324 g/mol. The van der Waals surface area contributed by atoms with Crippen LogP contribution in [0.2, 0.25) is 0 Å². The third-order valence-corrected chi connectivity index (χ3v) is 3.75. The third-order valence-electron chi connectivity index (χ3n) is 3.13. The first-order valence-corrected chi connectivity index (χ1v) is 7.07. The van der Waals surface area contributed by atoms with Gasteiger partial charge in [0, 0.05) is 5.56 Å². The lowest BCUT2D eigenvalue weighted by atomic mass is 9.99. The van der Waals surface area contributed by atoms with Crippen molar-refractivity contribution in [3.8, 4) is 5.75 Å². The first-order chi connectivity index (χ1) is 9.17. The lowest BCUT2D eigenvalue weighted by Crippen LogP contribution is -2.22. The van der Waals surface area contributed by atoms with Crippen LogP contribution in [0.5, 0.6) is 5.75 Å². The van der Waals surface area contributed by atoms with Gasteiger partial charge in [-0.3, -0.25) is 0 Å². The molecule has 1 heterocycles. The van der Waals surface area contributed by atoms with Crippen molar-refractivity contribution in [3.05, 3.63) is 51.9 Å². The molecular weight excluding hydrogens is 306 g/mol. The molecule has 1 N–H and O–H groups in total. The van der Waals surface area contributed by atoms with Crippen molar-refractivity contribution in [2.45, 2.75) is 19.9 Å². The van der Waals surface area contributed by atoms with E-state index in [1.54, 1.807) is 13.4 Å². The molecule has 0 saturated carbocycles. The number of rotatable bonds is 5. The molecule has 1 aromatic carbocycles. The Labute approximate surface area is 122 Å². The van der Waals surface area contributed by atoms with Gasteiger partial charge in [-0.15, -0.1) is 0 Å². The second-order valence-electron chi connectivity index (χ2n) is 4.32. The van der Waals surface area contributed by atoms with Crippen molar-refractivity contribution in [2.24, 2.45) is 0 Å². The van der Waals surface area contributed by atoms with Crippen LogP contribution < -0.4 is 10.1 Å². The quantitative estimate of drug-likeness (QED) is 0.901. The van der Waals surface area contributed by atoms with Crippen LogP contribution in [0.25, 0.3) is 0 Å². The van der Waals surface area contributed by atoms with Crippen molar-refractivity contribution in [2.75, 3.05) is 13.7 Å². The number of benzene rings is 1. The molecule has 0 radical (unpaired) electrons. The zero-order valence-electron chi connectivity index (χ0n) is 11.4. The number of hydrogen-bond acceptors (Lipinski definition) is 3. The minimum absolute atomic E-state index is 0.131. The van der Waals surface area contributed by atoms with Crippen LogP contribution in [0.4, 0.5) is 0 Å². The Morgan fingerprint density at radius 3 is 2.68 bits per heavy atom. The van der Waals surface area contributed by atoms with Crippen LogP contribution >= 0.6 is 15.9 Å². The van der Waals surface area contributed by atoms with E-state index in [9.17, 15) is 0 Å². The number of furan rings is 1. The molecule has 102 valence electrons. The molecule has 0 saturated heterocycles. The van der Waals surface area contributed by atoms with Crippen LogP contribution in [0, 0.1) is 6.92 Å². The number of halogens is 1. The van der Waals surface area contributed by atoms with Crippen molar-refractivity contribution < 1.29 is 9.15 Å². The van der Waals surface area contributed by atoms with E-state index in [-0.39, 0.29) is 6.04 Å². The molecule has 4 heteroatoms. The van der Waals surface area contributed by atoms with Gasteiger partial charge in [-0.05, 0) is 53.2 Å². The first-order valence-electron chi connectivity index (χ1n) is 6.28. The maximum atomic E-state index is 5.41. The van der Waals surface area contributed by atoms with Crippen molar-refractivity contribution >= 4 is 15.9 Å². The molecule has 3 nitrogen and oxygen atoms in total. The van der Waals surface area contributed by atoms with Crippen LogP contribution in [-0.4, -0.2) is 13.7 Å². The van der Waals surface area contributed by atoms with Gasteiger partial charge in [0.05, 0.1) is 23.9 Å². The van der Waals surface area contributed by atoms with E-state index in [1.165, 1.54) is 11.1 Å². The molecule has 1 atom stereocenters. The van der Waals surface area contributed by atoms with Gasteiger partial charge < -0.3 is 14.5 Å². The number of ether oxygens (including phenoxy) is 1. The third kappa shape index (κ3) is 3.01. The van der Waals surface area contributed by atoms with E-state index < -0.39 is 0 Å². The van der Waals surface area contributed by atoms with Gasteiger partial charge in [-0.25, -0.2) is 0 Å². The molecule has 0 aliphatic carbocycles. The summed E-state index contributed by atoms with van der Waals surface area (Å²) >= 11 is 3.53. The van der Waals surface area contributed by atoms with E-state index >= 15 is 0 Å². The Morgan fingerprint density at radius 2 is 2.16 bits per heavy atom. The SMILES string of the molecule is CCNC(c1ccc(OC)c(Br)c1)c1ccoc1C. The summed E-state index contributed by atoms with van der Waals surface area (Å²) in [6, 6.07) is 8.27. The molecular formula is C15H18BrNO2. The summed E-state index contributed by atoms with van der Waals surface area (Å²) in [5.74, 6) is 1.78. The zero-order valence-corrected chi connectivity index (χ0v) is 13.0. The Bertz CT molecular complexity index is 551. The minimum atomic E-state index is 0.131. The Balaban J connectivity index is 2.39. The predicted octanol–water partition coefficient (Wildman–Crippen LogP) is 4.06. The van der Waals surface area contributed by atoms with E-state index in [1.807, 2.05) is 19.1 Å². The fraction of sp³-hybridized carbons (Fsp3) is 0.333. The first kappa shape index (κ1) is 14.2. The molecule has 1 aromatic heterocycles. The number of hydrogen-bond donors (Lipinski definition) is 1. The molecule has 0 amide bonds. The largest absolute Gasteiger partial charge is 0.496 e. The highest BCUT2D eigenvalue weighted by atomic mass is 79.9. The van der Waals surface area contributed by atoms with E-state index in [4.69, 9.17) is 9.15 Å². The molecule has 19 heavy (non-hydrogen) atoms. The average Bonchev–Trinajstić information content (AvgIpc) is 2.82. The Hall–Kier alpha value is -1.26. The molecule has 0 bridgehead atoms. The van der Waals surface area contributed by atoms with Gasteiger partial charge in [-0.1, -0.05) is 13.0 Å². The fourth-order valence-corrected chi connectivity index (χ4v) is 2.73. The molecule has 0 fully saturated rings. The molecule has 2 rings (SSSR count). The van der Waals surface area contributed by atoms with Crippen LogP contribution in [-0.2, 0) is 0 Å². The number of aryl methyl sites for hydroxylation is 1. The Kier molecular flexibility index (Phi) is 4.66. The highest BCUT2D eigenvalue weighted by Crippen LogP contribution is 2.31. The van der Waals surface area contributed by atoms with E-state index in [2.05, 4.69) is 40.3 Å². The Morgan fingerprint density at radius 1 is 1.37 bits per heavy atom. The molecule has 1 unspecified atom stereocenters. The van der Waals surface area contributed by atoms with Gasteiger partial charge in [0.25, 0.3) is 0 Å². The summed E-state index contributed by atoms with van der Waals surface area (Å²) in [7, 11) is 1.67. The lowest BCUT2D eigenvalue weighted by Gasteiger charge is -2.19. The smallest absolute Gasteiger partial charge is 0.133 e. The zero-order chi connectivity index (χ0) is 13.8. The van der Waals surface area contributed by atoms with E-state index in [0.717, 1.165) is 22.5 Å². The van der Waals surface area contributed by atoms with Gasteiger partial charge in [0.2, 0.25) is 0 Å². The van der Waals surface area contributed by atoms with Gasteiger partial charge in [0.15, 0.2) is 0 Å². The summed E-state index contributed by atoms with van der Waals surface area (Å²) in [6.07, 6.45) is 1.73. The number of methoxy groups -OCH3 is 1. The van der Waals surface area contributed by atoms with Gasteiger partial charge in [-0.2, -0.15) is 0 Å². The monoisotopic (exact) mass is 323 g/mol. The van der Waals surface area contributed by atoms with E-state index in [0.29, 0.717) is 0 Å². The highest BCUT2D eigenvalue weighted by molar-refractivity contribution is 9.10. The lowest BCUT2D eigenvalue weighted by molar-refractivity contribution is 0.411. The minimum Gasteiger partial charge on any atom is -0.496 e. The number of nitrogens with one attached hydrogen (secondary N) is 1. The summed E-state index contributed by atoms with van der Waals surface area (Å²) in [6.45, 7) is 4.97. The summed E-state index contributed by atoms with van der Waals surface area (Å²) in [4.78, 5) is 0. The van der Waals surface area contributed by atoms with Gasteiger partial charge in [0.1, 0.15) is 11.5 Å². The predicted molar refractivity (Wildman–Crippen MR) is 79.7 cm³/mol. The van der Waals surface area contributed by atoms with Crippen molar-refractivity contribution in [1.29, 1.82) is 0 Å². The normalized spacial score (nSPS) is 12.4. The second-order valence-corrected chi connectivity index (χ2v) is 5.17. The second kappa shape index (κ2) is 6.26. The maximum Gasteiger partial charge on any atom is 0.133 e. The van der Waals surface area contributed by atoms with Crippen LogP contribution in [0.15, 0.2) is 39.4 Å². The topological polar surface area (TPSA) is 34.4 Å². The van der Waals surface area contributed by atoms with Crippen LogP contribution in [0.1, 0.15) is 29.9 Å². The summed E-state index contributed by atoms with van der Waals surface area (Å²) < 4.78 is 11.6. The molecule has 0 aliphatic heterocycles. The van der Waals surface area contributed by atoms with Crippen LogP contribution in [0.3, 0.4) is 0 Å². The molecule has 2 aromatic rings. The fourth-order valence-electron chi connectivity index (χ4n) is 2.17. The molecule has 0 spiro atoms. The summed E-state index contributed by atoms with van der Waals surface area (Å²) in [5, 5.41) is 3.49. The highest BCUT2D eigenvalue weighted by Gasteiger charge is 2.18. The standard InChI is InChI=1S/C15H18BrNO2/c1-4-17-15(12-7-8-19-10(12)2)11-5-6-14(18-3)13(16)9-11/h5-9,15,17H,4H2,1-3H3. The molecule has 0 aliphatic rings. The van der Waals surface area contributed by atoms with Crippen molar-refractivity contribution in [1.82, 2.24) is 5.32 Å². The van der Waals surface area contributed by atoms with Crippen molar-refractivity contribution in [3.63, 3.8) is 0 Å². The summed E-state index contributed by atoms with van der Waals surface area (Å²) in [5.41, 5.74) is 2.35.